The molecule has 2 aromatic carbocycles. The maximum atomic E-state index is 12.8. The Balaban J connectivity index is 1.61. The monoisotopic (exact) mass is 499 g/mol. The topological polar surface area (TPSA) is 108 Å². The van der Waals surface area contributed by atoms with Gasteiger partial charge in [-0.1, -0.05) is 42.5 Å². The number of methoxy groups -OCH3 is 1. The minimum Gasteiger partial charge on any atom is -0.495 e. The summed E-state index contributed by atoms with van der Waals surface area (Å²) in [5, 5.41) is 34.4. The van der Waals surface area contributed by atoms with Crippen LogP contribution in [0.4, 0.5) is 0 Å². The lowest BCUT2D eigenvalue weighted by Gasteiger charge is -2.41. The molecule has 1 saturated carbocycles. The van der Waals surface area contributed by atoms with Crippen molar-refractivity contribution in [1.29, 1.82) is 5.26 Å². The van der Waals surface area contributed by atoms with Crippen LogP contribution in [0.1, 0.15) is 28.2 Å². The van der Waals surface area contributed by atoms with E-state index in [-0.39, 0.29) is 6.04 Å². The zero-order valence-electron chi connectivity index (χ0n) is 20.7. The van der Waals surface area contributed by atoms with Crippen LogP contribution in [-0.4, -0.2) is 66.2 Å². The van der Waals surface area contributed by atoms with Crippen molar-refractivity contribution in [3.05, 3.63) is 89.2 Å². The van der Waals surface area contributed by atoms with Crippen LogP contribution in [-0.2, 0) is 15.9 Å². The number of nitriles is 1. The van der Waals surface area contributed by atoms with Gasteiger partial charge < -0.3 is 24.4 Å². The summed E-state index contributed by atoms with van der Waals surface area (Å²) in [5.74, 6) is -0.130. The first-order valence-corrected chi connectivity index (χ1v) is 12.4. The molecule has 5 atom stereocenters. The fraction of sp³-hybridized carbons (Fsp3) is 0.379. The van der Waals surface area contributed by atoms with Gasteiger partial charge >= 0.3 is 0 Å². The summed E-state index contributed by atoms with van der Waals surface area (Å²) in [7, 11) is 3.54. The molecule has 0 radical (unpaired) electrons. The van der Waals surface area contributed by atoms with Crippen LogP contribution in [0.15, 0.2) is 67.0 Å². The second-order valence-electron chi connectivity index (χ2n) is 10.1. The summed E-state index contributed by atoms with van der Waals surface area (Å²) < 4.78 is 17.8. The number of fused-ring (bicyclic) bond motifs is 3. The molecule has 2 N–H and O–H groups in total. The molecule has 190 valence electrons. The molecule has 1 aliphatic carbocycles. The fourth-order valence-electron chi connectivity index (χ4n) is 6.49. The Kier molecular flexibility index (Phi) is 5.70. The standard InChI is InChI=1S/C29H29N3O5/c1-32(21-16-36-17-21)15-22-25(19-6-4-3-5-7-19)29(20-10-8-18(12-30)9-11-20)28(34,27(22)33)26-23(35-2)13-31-14-24(26)37-29/h3-11,13-14,21-22,25,27,33-34H,15-17H2,1-2H3/t22-,25-,27-,28+,29+/m1/s1. The zero-order valence-corrected chi connectivity index (χ0v) is 20.7. The third kappa shape index (κ3) is 3.25. The van der Waals surface area contributed by atoms with E-state index in [4.69, 9.17) is 14.2 Å². The van der Waals surface area contributed by atoms with E-state index in [1.807, 2.05) is 49.5 Å². The predicted octanol–water partition coefficient (Wildman–Crippen LogP) is 2.54. The van der Waals surface area contributed by atoms with Gasteiger partial charge in [-0.3, -0.25) is 9.88 Å². The van der Waals surface area contributed by atoms with Crippen molar-refractivity contribution in [2.24, 2.45) is 5.92 Å². The molecule has 3 aliphatic rings. The highest BCUT2D eigenvalue weighted by molar-refractivity contribution is 5.59. The summed E-state index contributed by atoms with van der Waals surface area (Å²) in [5.41, 5.74) is -0.772. The van der Waals surface area contributed by atoms with Crippen LogP contribution in [0.2, 0.25) is 0 Å². The number of aliphatic hydroxyl groups is 2. The molecule has 6 rings (SSSR count). The van der Waals surface area contributed by atoms with Gasteiger partial charge in [0.1, 0.15) is 11.5 Å². The van der Waals surface area contributed by atoms with Gasteiger partial charge in [-0.2, -0.15) is 5.26 Å². The first-order valence-electron chi connectivity index (χ1n) is 12.4. The number of aliphatic hydroxyl groups excluding tert-OH is 1. The van der Waals surface area contributed by atoms with E-state index in [0.717, 1.165) is 5.56 Å². The maximum absolute atomic E-state index is 12.8. The number of hydrogen-bond acceptors (Lipinski definition) is 8. The SMILES string of the molecule is COc1cncc2c1[C@]1(O)[C@H](O)[C@H](CN(C)C3COC3)[C@@H](c3ccccc3)[C@]1(c1ccc(C#N)cc1)O2. The summed E-state index contributed by atoms with van der Waals surface area (Å²) >= 11 is 0. The summed E-state index contributed by atoms with van der Waals surface area (Å²) in [6.45, 7) is 1.79. The van der Waals surface area contributed by atoms with E-state index < -0.39 is 29.1 Å². The molecule has 3 aromatic rings. The number of nitrogens with zero attached hydrogens (tertiary/aromatic N) is 3. The van der Waals surface area contributed by atoms with Gasteiger partial charge in [-0.15, -0.1) is 0 Å². The number of rotatable bonds is 6. The number of pyridine rings is 1. The van der Waals surface area contributed by atoms with Crippen molar-refractivity contribution in [3.8, 4) is 17.6 Å². The molecule has 1 aromatic heterocycles. The van der Waals surface area contributed by atoms with E-state index in [1.54, 1.807) is 18.3 Å². The van der Waals surface area contributed by atoms with Crippen molar-refractivity contribution < 1.29 is 24.4 Å². The first kappa shape index (κ1) is 23.9. The summed E-state index contributed by atoms with van der Waals surface area (Å²) in [6.07, 6.45) is 1.89. The second kappa shape index (κ2) is 8.82. The molecule has 0 spiro atoms. The third-order valence-corrected chi connectivity index (χ3v) is 8.36. The van der Waals surface area contributed by atoms with Crippen molar-refractivity contribution >= 4 is 0 Å². The quantitative estimate of drug-likeness (QED) is 0.533. The Bertz CT molecular complexity index is 1340. The predicted molar refractivity (Wildman–Crippen MR) is 134 cm³/mol. The van der Waals surface area contributed by atoms with Crippen LogP contribution < -0.4 is 9.47 Å². The normalized spacial score (nSPS) is 30.2. The number of aromatic nitrogens is 1. The van der Waals surface area contributed by atoms with Gasteiger partial charge in [0.2, 0.25) is 0 Å². The number of hydrogen-bond donors (Lipinski definition) is 2. The number of ether oxygens (including phenoxy) is 3. The Morgan fingerprint density at radius 2 is 1.86 bits per heavy atom. The number of benzene rings is 2. The lowest BCUT2D eigenvalue weighted by Crippen LogP contribution is -2.52. The van der Waals surface area contributed by atoms with Gasteiger partial charge in [0, 0.05) is 18.4 Å². The summed E-state index contributed by atoms with van der Waals surface area (Å²) in [6, 6.07) is 19.3. The Hall–Kier alpha value is -3.48. The van der Waals surface area contributed by atoms with E-state index in [2.05, 4.69) is 16.0 Å². The van der Waals surface area contributed by atoms with Gasteiger partial charge in [-0.25, -0.2) is 0 Å². The third-order valence-electron chi connectivity index (χ3n) is 8.36. The van der Waals surface area contributed by atoms with Crippen molar-refractivity contribution in [2.75, 3.05) is 33.9 Å². The highest BCUT2D eigenvalue weighted by Gasteiger charge is 2.76. The minimum absolute atomic E-state index is 0.247. The van der Waals surface area contributed by atoms with Crippen LogP contribution in [0.25, 0.3) is 0 Å². The largest absolute Gasteiger partial charge is 0.495 e. The smallest absolute Gasteiger partial charge is 0.177 e. The van der Waals surface area contributed by atoms with Crippen molar-refractivity contribution in [1.82, 2.24) is 9.88 Å². The van der Waals surface area contributed by atoms with Gasteiger partial charge in [0.25, 0.3) is 0 Å². The highest BCUT2D eigenvalue weighted by Crippen LogP contribution is 2.69. The van der Waals surface area contributed by atoms with Crippen LogP contribution in [0, 0.1) is 17.2 Å². The van der Waals surface area contributed by atoms with Gasteiger partial charge in [-0.05, 0) is 30.3 Å². The maximum Gasteiger partial charge on any atom is 0.177 e. The molecule has 0 unspecified atom stereocenters. The second-order valence-corrected chi connectivity index (χ2v) is 10.1. The Labute approximate surface area is 215 Å². The lowest BCUT2D eigenvalue weighted by atomic mass is 9.70. The first-order chi connectivity index (χ1) is 18.0. The molecule has 3 heterocycles. The molecular formula is C29H29N3O5. The van der Waals surface area contributed by atoms with Crippen molar-refractivity contribution in [3.63, 3.8) is 0 Å². The average molecular weight is 500 g/mol. The fourth-order valence-corrected chi connectivity index (χ4v) is 6.49. The molecule has 1 saturated heterocycles. The van der Waals surface area contributed by atoms with Crippen LogP contribution >= 0.6 is 0 Å². The molecule has 2 aliphatic heterocycles. The molecular weight excluding hydrogens is 470 g/mol. The molecule has 8 nitrogen and oxygen atoms in total. The highest BCUT2D eigenvalue weighted by atomic mass is 16.5. The van der Waals surface area contributed by atoms with E-state index in [9.17, 15) is 15.5 Å². The van der Waals surface area contributed by atoms with Crippen LogP contribution in [0.5, 0.6) is 11.5 Å². The Morgan fingerprint density at radius 3 is 2.49 bits per heavy atom. The Morgan fingerprint density at radius 1 is 1.14 bits per heavy atom. The van der Waals surface area contributed by atoms with Gasteiger partial charge in [0.15, 0.2) is 11.2 Å². The molecule has 37 heavy (non-hydrogen) atoms. The molecule has 2 fully saturated rings. The van der Waals surface area contributed by atoms with Crippen molar-refractivity contribution in [2.45, 2.75) is 29.3 Å². The van der Waals surface area contributed by atoms with Crippen LogP contribution in [0.3, 0.4) is 0 Å². The molecule has 0 amide bonds. The minimum atomic E-state index is -1.85. The molecule has 0 bridgehead atoms. The van der Waals surface area contributed by atoms with E-state index in [0.29, 0.717) is 47.9 Å². The zero-order chi connectivity index (χ0) is 25.8. The molecule has 8 heteroatoms. The van der Waals surface area contributed by atoms with E-state index >= 15 is 0 Å². The van der Waals surface area contributed by atoms with Gasteiger partial charge in [0.05, 0.1) is 62.1 Å². The summed E-state index contributed by atoms with van der Waals surface area (Å²) in [4.78, 5) is 6.45. The average Bonchev–Trinajstić information content (AvgIpc) is 3.26. The lowest BCUT2D eigenvalue weighted by molar-refractivity contribution is -0.153. The number of likely N-dealkylation sites (N-methyl/N-ethyl adjacent to an activating group) is 1. The van der Waals surface area contributed by atoms with E-state index in [1.165, 1.54) is 13.3 Å².